The quantitative estimate of drug-likeness (QED) is 0.382. The van der Waals surface area contributed by atoms with Gasteiger partial charge >= 0.3 is 17.9 Å². The summed E-state index contributed by atoms with van der Waals surface area (Å²) in [4.78, 5) is 34.6. The van der Waals surface area contributed by atoms with Crippen LogP contribution in [0.4, 0.5) is 0 Å². The molecule has 148 valence electrons. The van der Waals surface area contributed by atoms with Gasteiger partial charge in [0, 0.05) is 11.6 Å². The van der Waals surface area contributed by atoms with E-state index >= 15 is 0 Å². The Hall–Kier alpha value is -3.93. The molecule has 2 aromatic rings. The maximum absolute atomic E-state index is 12.2. The van der Waals surface area contributed by atoms with Crippen molar-refractivity contribution in [2.45, 2.75) is 6.92 Å². The number of esters is 3. The molecule has 0 N–H and O–H groups in total. The zero-order valence-electron chi connectivity index (χ0n) is 15.9. The Morgan fingerprint density at radius 3 is 2.07 bits per heavy atom. The molecule has 0 spiro atoms. The van der Waals surface area contributed by atoms with Crippen molar-refractivity contribution in [2.75, 3.05) is 6.61 Å². The number of carbonyl (C=O) groups is 3. The van der Waals surface area contributed by atoms with Crippen molar-refractivity contribution in [1.29, 1.82) is 0 Å². The third kappa shape index (κ3) is 6.95. The second-order valence-corrected chi connectivity index (χ2v) is 5.89. The number of rotatable bonds is 8. The van der Waals surface area contributed by atoms with Crippen LogP contribution in [0.2, 0.25) is 0 Å². The van der Waals surface area contributed by atoms with Gasteiger partial charge in [0.15, 0.2) is 0 Å². The molecule has 0 fully saturated rings. The normalized spacial score (nSPS) is 10.2. The van der Waals surface area contributed by atoms with Gasteiger partial charge in [-0.1, -0.05) is 31.4 Å². The summed E-state index contributed by atoms with van der Waals surface area (Å²) in [6.07, 6.45) is 4.51. The van der Waals surface area contributed by atoms with Crippen molar-refractivity contribution in [3.8, 4) is 11.5 Å². The first-order chi connectivity index (χ1) is 13.9. The average molecular weight is 392 g/mol. The smallest absolute Gasteiger partial charge is 0.343 e. The average Bonchev–Trinajstić information content (AvgIpc) is 2.72. The topological polar surface area (TPSA) is 78.9 Å². The summed E-state index contributed by atoms with van der Waals surface area (Å²) < 4.78 is 15.2. The Morgan fingerprint density at radius 1 is 0.931 bits per heavy atom. The minimum absolute atomic E-state index is 0.133. The van der Waals surface area contributed by atoms with E-state index in [1.54, 1.807) is 43.3 Å². The van der Waals surface area contributed by atoms with Crippen LogP contribution in [-0.4, -0.2) is 24.5 Å². The predicted molar refractivity (Wildman–Crippen MR) is 108 cm³/mol. The molecule has 0 heterocycles. The number of hydrogen-bond acceptors (Lipinski definition) is 6. The molecule has 0 bridgehead atoms. The van der Waals surface area contributed by atoms with Gasteiger partial charge in [-0.15, -0.1) is 0 Å². The van der Waals surface area contributed by atoms with Crippen molar-refractivity contribution < 1.29 is 28.6 Å². The highest BCUT2D eigenvalue weighted by atomic mass is 16.5. The zero-order chi connectivity index (χ0) is 21.2. The molecule has 6 nitrogen and oxygen atoms in total. The van der Waals surface area contributed by atoms with E-state index in [2.05, 4.69) is 13.2 Å². The molecule has 0 atom stereocenters. The Kier molecular flexibility index (Phi) is 7.68. The van der Waals surface area contributed by atoms with Gasteiger partial charge in [-0.2, -0.15) is 0 Å². The third-order valence-electron chi connectivity index (χ3n) is 3.54. The van der Waals surface area contributed by atoms with Crippen molar-refractivity contribution in [3.05, 3.63) is 90.5 Å². The summed E-state index contributed by atoms with van der Waals surface area (Å²) in [5.74, 6) is -0.902. The van der Waals surface area contributed by atoms with E-state index in [-0.39, 0.29) is 6.61 Å². The van der Waals surface area contributed by atoms with Crippen LogP contribution in [0.1, 0.15) is 22.8 Å². The molecule has 0 saturated heterocycles. The lowest BCUT2D eigenvalue weighted by Gasteiger charge is -2.06. The van der Waals surface area contributed by atoms with E-state index in [0.717, 1.165) is 11.6 Å². The number of carbonyl (C=O) groups excluding carboxylic acids is 3. The SMILES string of the molecule is C=CC(=O)Oc1ccc(OC(=O)c2ccc(C=CCOC(=O)C(=C)C)cc2)cc1. The summed E-state index contributed by atoms with van der Waals surface area (Å²) in [6.45, 7) is 8.53. The minimum Gasteiger partial charge on any atom is -0.458 e. The largest absolute Gasteiger partial charge is 0.458 e. The van der Waals surface area contributed by atoms with E-state index in [0.29, 0.717) is 22.6 Å². The van der Waals surface area contributed by atoms with Crippen molar-refractivity contribution in [3.63, 3.8) is 0 Å². The molecule has 0 amide bonds. The maximum atomic E-state index is 12.2. The molecule has 29 heavy (non-hydrogen) atoms. The van der Waals surface area contributed by atoms with E-state index in [1.165, 1.54) is 24.3 Å². The van der Waals surface area contributed by atoms with Crippen LogP contribution < -0.4 is 9.47 Å². The van der Waals surface area contributed by atoms with Crippen LogP contribution in [0, 0.1) is 0 Å². The van der Waals surface area contributed by atoms with Crippen LogP contribution in [0.3, 0.4) is 0 Å². The monoisotopic (exact) mass is 392 g/mol. The molecule has 0 saturated carbocycles. The van der Waals surface area contributed by atoms with Crippen LogP contribution >= 0.6 is 0 Å². The zero-order valence-corrected chi connectivity index (χ0v) is 15.9. The first-order valence-electron chi connectivity index (χ1n) is 8.65. The lowest BCUT2D eigenvalue weighted by Crippen LogP contribution is -2.08. The van der Waals surface area contributed by atoms with Gasteiger partial charge in [0.25, 0.3) is 0 Å². The van der Waals surface area contributed by atoms with Gasteiger partial charge in [-0.25, -0.2) is 14.4 Å². The molecule has 0 aromatic heterocycles. The van der Waals surface area contributed by atoms with E-state index in [9.17, 15) is 14.4 Å². The lowest BCUT2D eigenvalue weighted by molar-refractivity contribution is -0.137. The standard InChI is InChI=1S/C23H20O6/c1-4-21(24)28-19-11-13-20(14-12-19)29-23(26)18-9-7-17(8-10-18)6-5-15-27-22(25)16(2)3/h4-14H,1-2,15H2,3H3. The molecule has 0 aliphatic carbocycles. The van der Waals surface area contributed by atoms with Crippen LogP contribution in [0.25, 0.3) is 6.08 Å². The molecule has 2 rings (SSSR count). The van der Waals surface area contributed by atoms with Crippen LogP contribution in [0.5, 0.6) is 11.5 Å². The first kappa shape index (κ1) is 21.4. The molecular formula is C23H20O6. The molecule has 0 unspecified atom stereocenters. The van der Waals surface area contributed by atoms with Crippen molar-refractivity contribution in [2.24, 2.45) is 0 Å². The van der Waals surface area contributed by atoms with Gasteiger partial charge in [0.05, 0.1) is 5.56 Å². The van der Waals surface area contributed by atoms with Gasteiger partial charge in [0.1, 0.15) is 18.1 Å². The molecule has 6 heteroatoms. The van der Waals surface area contributed by atoms with E-state index in [4.69, 9.17) is 14.2 Å². The predicted octanol–water partition coefficient (Wildman–Crippen LogP) is 4.13. The maximum Gasteiger partial charge on any atom is 0.343 e. The minimum atomic E-state index is -0.571. The number of ether oxygens (including phenoxy) is 3. The van der Waals surface area contributed by atoms with E-state index < -0.39 is 17.9 Å². The molecular weight excluding hydrogens is 372 g/mol. The fourth-order valence-corrected chi connectivity index (χ4v) is 2.06. The summed E-state index contributed by atoms with van der Waals surface area (Å²) in [6, 6.07) is 12.8. The number of benzene rings is 2. The third-order valence-corrected chi connectivity index (χ3v) is 3.54. The fraction of sp³-hybridized carbons (Fsp3) is 0.0870. The van der Waals surface area contributed by atoms with Crippen molar-refractivity contribution in [1.82, 2.24) is 0 Å². The van der Waals surface area contributed by atoms with Gasteiger partial charge in [-0.05, 0) is 55.0 Å². The van der Waals surface area contributed by atoms with Gasteiger partial charge < -0.3 is 14.2 Å². The van der Waals surface area contributed by atoms with E-state index in [1.807, 2.05) is 0 Å². The molecule has 0 aliphatic heterocycles. The first-order valence-corrected chi connectivity index (χ1v) is 8.65. The second kappa shape index (κ2) is 10.4. The van der Waals surface area contributed by atoms with Gasteiger partial charge in [-0.3, -0.25) is 0 Å². The van der Waals surface area contributed by atoms with Crippen molar-refractivity contribution >= 4 is 24.0 Å². The van der Waals surface area contributed by atoms with Crippen LogP contribution in [0.15, 0.2) is 79.4 Å². The summed E-state index contributed by atoms with van der Waals surface area (Å²) in [5, 5.41) is 0. The highest BCUT2D eigenvalue weighted by Gasteiger charge is 2.09. The molecule has 0 radical (unpaired) electrons. The highest BCUT2D eigenvalue weighted by Crippen LogP contribution is 2.19. The molecule has 0 aliphatic rings. The van der Waals surface area contributed by atoms with Crippen LogP contribution in [-0.2, 0) is 14.3 Å². The number of hydrogen-bond donors (Lipinski definition) is 0. The Bertz CT molecular complexity index is 936. The highest BCUT2D eigenvalue weighted by molar-refractivity contribution is 5.91. The lowest BCUT2D eigenvalue weighted by atomic mass is 10.1. The Labute approximate surface area is 168 Å². The molecule has 2 aromatic carbocycles. The summed E-state index contributed by atoms with van der Waals surface area (Å²) >= 11 is 0. The Morgan fingerprint density at radius 2 is 1.52 bits per heavy atom. The summed E-state index contributed by atoms with van der Waals surface area (Å²) in [7, 11) is 0. The van der Waals surface area contributed by atoms with Gasteiger partial charge in [0.2, 0.25) is 0 Å². The second-order valence-electron chi connectivity index (χ2n) is 5.89. The summed E-state index contributed by atoms with van der Waals surface area (Å²) in [5.41, 5.74) is 1.55. The fourth-order valence-electron chi connectivity index (χ4n) is 2.06. The Balaban J connectivity index is 1.89.